The lowest BCUT2D eigenvalue weighted by Crippen LogP contribution is -2.04. The molecule has 2 rings (SSSR count). The maximum absolute atomic E-state index is 13.5. The molecule has 0 aliphatic heterocycles. The Hall–Kier alpha value is -2.42. The van der Waals surface area contributed by atoms with Crippen LogP contribution in [0.2, 0.25) is 0 Å². The lowest BCUT2D eigenvalue weighted by atomic mass is 10.2. The fourth-order valence-corrected chi connectivity index (χ4v) is 1.56. The number of hydrogen-bond donors (Lipinski definition) is 1. The number of aromatic nitrogens is 2. The smallest absolute Gasteiger partial charge is 0.150 e. The standard InChI is InChI=1S/C12H10F2N4/c1-18-7-9(6-17-18)5-16-12-10(13)2-8(4-15)3-11(12)14/h2-3,6-7,16H,5H2,1H3. The molecule has 0 unspecified atom stereocenters. The highest BCUT2D eigenvalue weighted by molar-refractivity contribution is 5.50. The molecule has 4 nitrogen and oxygen atoms in total. The van der Waals surface area contributed by atoms with Crippen LogP contribution in [0.1, 0.15) is 11.1 Å². The van der Waals surface area contributed by atoms with Gasteiger partial charge >= 0.3 is 0 Å². The van der Waals surface area contributed by atoms with E-state index in [0.29, 0.717) is 0 Å². The first kappa shape index (κ1) is 12.0. The fourth-order valence-electron chi connectivity index (χ4n) is 1.56. The molecule has 6 heteroatoms. The molecule has 1 N–H and O–H groups in total. The first-order valence-corrected chi connectivity index (χ1v) is 5.20. The van der Waals surface area contributed by atoms with Crippen molar-refractivity contribution >= 4 is 5.69 Å². The Morgan fingerprint density at radius 1 is 1.39 bits per heavy atom. The van der Waals surface area contributed by atoms with Crippen molar-refractivity contribution in [1.29, 1.82) is 5.26 Å². The summed E-state index contributed by atoms with van der Waals surface area (Å²) in [7, 11) is 1.76. The summed E-state index contributed by atoms with van der Waals surface area (Å²) < 4.78 is 28.7. The first-order valence-electron chi connectivity index (χ1n) is 5.20. The lowest BCUT2D eigenvalue weighted by Gasteiger charge is -2.07. The molecule has 0 aliphatic rings. The van der Waals surface area contributed by atoms with Crippen molar-refractivity contribution in [3.05, 3.63) is 47.3 Å². The summed E-state index contributed by atoms with van der Waals surface area (Å²) >= 11 is 0. The zero-order chi connectivity index (χ0) is 13.1. The summed E-state index contributed by atoms with van der Waals surface area (Å²) in [6, 6.07) is 3.68. The third-order valence-electron chi connectivity index (χ3n) is 2.40. The lowest BCUT2D eigenvalue weighted by molar-refractivity contribution is 0.587. The summed E-state index contributed by atoms with van der Waals surface area (Å²) in [6.45, 7) is 0.258. The van der Waals surface area contributed by atoms with E-state index in [4.69, 9.17) is 5.26 Å². The number of anilines is 1. The number of aryl methyl sites for hydroxylation is 1. The second kappa shape index (κ2) is 4.84. The molecule has 92 valence electrons. The van der Waals surface area contributed by atoms with Crippen molar-refractivity contribution in [2.24, 2.45) is 7.05 Å². The summed E-state index contributed by atoms with van der Waals surface area (Å²) in [6.07, 6.45) is 3.35. The largest absolute Gasteiger partial charge is 0.376 e. The number of rotatable bonds is 3. The molecule has 1 aromatic heterocycles. The van der Waals surface area contributed by atoms with E-state index in [2.05, 4.69) is 10.4 Å². The van der Waals surface area contributed by atoms with Crippen molar-refractivity contribution in [1.82, 2.24) is 9.78 Å². The second-order valence-electron chi connectivity index (χ2n) is 3.80. The highest BCUT2D eigenvalue weighted by atomic mass is 19.1. The molecular formula is C12H10F2N4. The van der Waals surface area contributed by atoms with Crippen LogP contribution in [0.4, 0.5) is 14.5 Å². The predicted octanol–water partition coefficient (Wildman–Crippen LogP) is 2.18. The van der Waals surface area contributed by atoms with E-state index in [-0.39, 0.29) is 17.8 Å². The molecule has 1 aromatic carbocycles. The number of nitriles is 1. The Morgan fingerprint density at radius 3 is 2.56 bits per heavy atom. The monoisotopic (exact) mass is 248 g/mol. The SMILES string of the molecule is Cn1cc(CNc2c(F)cc(C#N)cc2F)cn1. The molecule has 0 fully saturated rings. The minimum Gasteiger partial charge on any atom is -0.376 e. The highest BCUT2D eigenvalue weighted by Crippen LogP contribution is 2.21. The van der Waals surface area contributed by atoms with Crippen LogP contribution >= 0.6 is 0 Å². The van der Waals surface area contributed by atoms with Crippen LogP contribution in [-0.2, 0) is 13.6 Å². The molecule has 2 aromatic rings. The van der Waals surface area contributed by atoms with Gasteiger partial charge in [0.1, 0.15) is 5.69 Å². The van der Waals surface area contributed by atoms with Gasteiger partial charge in [-0.2, -0.15) is 10.4 Å². The van der Waals surface area contributed by atoms with E-state index in [1.807, 2.05) is 0 Å². The van der Waals surface area contributed by atoms with Crippen LogP contribution in [0.15, 0.2) is 24.5 Å². The third kappa shape index (κ3) is 2.46. The Labute approximate surface area is 102 Å². The van der Waals surface area contributed by atoms with Crippen molar-refractivity contribution in [2.45, 2.75) is 6.54 Å². The van der Waals surface area contributed by atoms with Gasteiger partial charge < -0.3 is 5.32 Å². The molecule has 0 saturated carbocycles. The van der Waals surface area contributed by atoms with Gasteiger partial charge in [-0.15, -0.1) is 0 Å². The minimum absolute atomic E-state index is 0.0445. The quantitative estimate of drug-likeness (QED) is 0.905. The van der Waals surface area contributed by atoms with E-state index >= 15 is 0 Å². The van der Waals surface area contributed by atoms with Crippen LogP contribution in [0.25, 0.3) is 0 Å². The number of nitrogens with zero attached hydrogens (tertiary/aromatic N) is 3. The van der Waals surface area contributed by atoms with Gasteiger partial charge in [0, 0.05) is 25.4 Å². The van der Waals surface area contributed by atoms with Gasteiger partial charge in [0.25, 0.3) is 0 Å². The van der Waals surface area contributed by atoms with E-state index in [0.717, 1.165) is 17.7 Å². The van der Waals surface area contributed by atoms with Crippen LogP contribution in [0, 0.1) is 23.0 Å². The average Bonchev–Trinajstić information content (AvgIpc) is 2.73. The summed E-state index contributed by atoms with van der Waals surface area (Å²) in [5.74, 6) is -1.56. The number of benzene rings is 1. The molecule has 18 heavy (non-hydrogen) atoms. The minimum atomic E-state index is -0.782. The normalized spacial score (nSPS) is 10.1. The van der Waals surface area contributed by atoms with Gasteiger partial charge in [-0.05, 0) is 12.1 Å². The van der Waals surface area contributed by atoms with E-state index in [1.54, 1.807) is 30.2 Å². The van der Waals surface area contributed by atoms with Crippen molar-refractivity contribution in [3.8, 4) is 6.07 Å². The first-order chi connectivity index (χ1) is 8.60. The summed E-state index contributed by atoms with van der Waals surface area (Å²) in [5, 5.41) is 15.2. The van der Waals surface area contributed by atoms with Crippen LogP contribution in [-0.4, -0.2) is 9.78 Å². The van der Waals surface area contributed by atoms with Crippen molar-refractivity contribution < 1.29 is 8.78 Å². The Morgan fingerprint density at radius 2 is 2.06 bits per heavy atom. The van der Waals surface area contributed by atoms with Gasteiger partial charge in [0.05, 0.1) is 17.8 Å². The zero-order valence-corrected chi connectivity index (χ0v) is 9.61. The Balaban J connectivity index is 2.17. The zero-order valence-electron chi connectivity index (χ0n) is 9.61. The number of hydrogen-bond acceptors (Lipinski definition) is 3. The van der Waals surface area contributed by atoms with E-state index < -0.39 is 11.6 Å². The predicted molar refractivity (Wildman–Crippen MR) is 61.6 cm³/mol. The molecule has 0 saturated heterocycles. The molecular weight excluding hydrogens is 238 g/mol. The van der Waals surface area contributed by atoms with Gasteiger partial charge in [-0.3, -0.25) is 4.68 Å². The van der Waals surface area contributed by atoms with Gasteiger partial charge in [-0.1, -0.05) is 0 Å². The number of nitrogens with one attached hydrogen (secondary N) is 1. The molecule has 0 spiro atoms. The third-order valence-corrected chi connectivity index (χ3v) is 2.40. The second-order valence-corrected chi connectivity index (χ2v) is 3.80. The molecule has 0 aliphatic carbocycles. The van der Waals surface area contributed by atoms with Gasteiger partial charge in [0.2, 0.25) is 0 Å². The summed E-state index contributed by atoms with van der Waals surface area (Å²) in [5.41, 5.74) is 0.524. The maximum Gasteiger partial charge on any atom is 0.150 e. The van der Waals surface area contributed by atoms with Crippen LogP contribution in [0.5, 0.6) is 0 Å². The topological polar surface area (TPSA) is 53.6 Å². The summed E-state index contributed by atoms with van der Waals surface area (Å²) in [4.78, 5) is 0. The molecule has 0 amide bonds. The van der Waals surface area contributed by atoms with E-state index in [1.165, 1.54) is 0 Å². The van der Waals surface area contributed by atoms with Gasteiger partial charge in [0.15, 0.2) is 11.6 Å². The highest BCUT2D eigenvalue weighted by Gasteiger charge is 2.11. The van der Waals surface area contributed by atoms with Crippen molar-refractivity contribution in [2.75, 3.05) is 5.32 Å². The van der Waals surface area contributed by atoms with E-state index in [9.17, 15) is 8.78 Å². The molecule has 0 radical (unpaired) electrons. The average molecular weight is 248 g/mol. The fraction of sp³-hybridized carbons (Fsp3) is 0.167. The van der Waals surface area contributed by atoms with Crippen LogP contribution < -0.4 is 5.32 Å². The van der Waals surface area contributed by atoms with Crippen molar-refractivity contribution in [3.63, 3.8) is 0 Å². The molecule has 0 atom stereocenters. The van der Waals surface area contributed by atoms with Gasteiger partial charge in [-0.25, -0.2) is 8.78 Å². The number of halogens is 2. The maximum atomic E-state index is 13.5. The van der Waals surface area contributed by atoms with Crippen LogP contribution in [0.3, 0.4) is 0 Å². The molecule has 1 heterocycles. The Bertz CT molecular complexity index is 590. The Kier molecular flexibility index (Phi) is 3.24. The molecule has 0 bridgehead atoms.